The minimum absolute atomic E-state index is 0.188. The molecule has 4 rings (SSSR count). The zero-order valence-corrected chi connectivity index (χ0v) is 16.7. The SMILES string of the molecule is CC(F)Cc1cccc(C#Cc2ccc(F)c(F)c2F)c1-c1cccc2ccccc12. The number of fused-ring (bicyclic) bond motifs is 1. The van der Waals surface area contributed by atoms with E-state index in [2.05, 4.69) is 11.8 Å². The van der Waals surface area contributed by atoms with Crippen LogP contribution < -0.4 is 0 Å². The van der Waals surface area contributed by atoms with E-state index in [0.29, 0.717) is 5.56 Å². The summed E-state index contributed by atoms with van der Waals surface area (Å²) >= 11 is 0. The van der Waals surface area contributed by atoms with Crippen LogP contribution in [0.5, 0.6) is 0 Å². The summed E-state index contributed by atoms with van der Waals surface area (Å²) in [6, 6.07) is 21.0. The maximum Gasteiger partial charge on any atom is 0.195 e. The van der Waals surface area contributed by atoms with Crippen LogP contribution in [0.1, 0.15) is 23.6 Å². The van der Waals surface area contributed by atoms with Gasteiger partial charge in [-0.1, -0.05) is 66.4 Å². The first-order valence-corrected chi connectivity index (χ1v) is 9.85. The van der Waals surface area contributed by atoms with Gasteiger partial charge >= 0.3 is 0 Å². The summed E-state index contributed by atoms with van der Waals surface area (Å²) < 4.78 is 54.8. The van der Waals surface area contributed by atoms with Crippen molar-refractivity contribution in [3.63, 3.8) is 0 Å². The third kappa shape index (κ3) is 4.18. The second-order valence-corrected chi connectivity index (χ2v) is 7.32. The summed E-state index contributed by atoms with van der Waals surface area (Å²) in [7, 11) is 0. The Labute approximate surface area is 178 Å². The van der Waals surface area contributed by atoms with E-state index in [0.717, 1.165) is 39.6 Å². The van der Waals surface area contributed by atoms with E-state index >= 15 is 0 Å². The zero-order chi connectivity index (χ0) is 22.0. The largest absolute Gasteiger partial charge is 0.247 e. The molecule has 0 nitrogen and oxygen atoms in total. The Morgan fingerprint density at radius 2 is 1.45 bits per heavy atom. The number of hydrogen-bond donors (Lipinski definition) is 0. The molecule has 154 valence electrons. The van der Waals surface area contributed by atoms with Crippen molar-refractivity contribution in [2.24, 2.45) is 0 Å². The van der Waals surface area contributed by atoms with Crippen molar-refractivity contribution in [2.75, 3.05) is 0 Å². The monoisotopic (exact) mass is 418 g/mol. The maximum absolute atomic E-state index is 14.1. The predicted octanol–water partition coefficient (Wildman–Crippen LogP) is 7.22. The molecule has 0 aliphatic rings. The van der Waals surface area contributed by atoms with Crippen LogP contribution in [-0.4, -0.2) is 6.17 Å². The van der Waals surface area contributed by atoms with Crippen LogP contribution in [0.15, 0.2) is 72.8 Å². The van der Waals surface area contributed by atoms with Gasteiger partial charge in [0.1, 0.15) is 6.17 Å². The average molecular weight is 418 g/mol. The van der Waals surface area contributed by atoms with Crippen molar-refractivity contribution in [1.82, 2.24) is 0 Å². The van der Waals surface area contributed by atoms with Crippen molar-refractivity contribution in [2.45, 2.75) is 19.5 Å². The van der Waals surface area contributed by atoms with E-state index in [-0.39, 0.29) is 12.0 Å². The number of halogens is 4. The van der Waals surface area contributed by atoms with Crippen molar-refractivity contribution in [3.8, 4) is 23.0 Å². The van der Waals surface area contributed by atoms with E-state index in [1.165, 1.54) is 6.92 Å². The number of alkyl halides is 1. The van der Waals surface area contributed by atoms with Crippen LogP contribution in [0, 0.1) is 29.3 Å². The molecular formula is C27H18F4. The Hall–Kier alpha value is -3.58. The van der Waals surface area contributed by atoms with Crippen LogP contribution in [0.25, 0.3) is 21.9 Å². The molecule has 0 heterocycles. The van der Waals surface area contributed by atoms with Crippen LogP contribution in [0.2, 0.25) is 0 Å². The zero-order valence-electron chi connectivity index (χ0n) is 16.7. The molecule has 0 N–H and O–H groups in total. The standard InChI is InChI=1S/C27H18F4/c1-17(28)16-21-9-4-8-19(12-13-20-14-15-24(29)27(31)26(20)30)25(21)23-11-5-7-18-6-2-3-10-22(18)23/h2-11,14-15,17H,16H2,1H3. The van der Waals surface area contributed by atoms with E-state index in [1.54, 1.807) is 12.1 Å². The molecule has 1 unspecified atom stereocenters. The van der Waals surface area contributed by atoms with Crippen molar-refractivity contribution in [1.29, 1.82) is 0 Å². The molecule has 4 aromatic carbocycles. The topological polar surface area (TPSA) is 0 Å². The van der Waals surface area contributed by atoms with Gasteiger partial charge < -0.3 is 0 Å². The second kappa shape index (κ2) is 8.65. The van der Waals surface area contributed by atoms with E-state index in [4.69, 9.17) is 0 Å². The first-order chi connectivity index (χ1) is 15.0. The number of benzene rings is 4. The average Bonchev–Trinajstić information content (AvgIpc) is 2.76. The lowest BCUT2D eigenvalue weighted by molar-refractivity contribution is 0.360. The fraction of sp³-hybridized carbons (Fsp3) is 0.111. The van der Waals surface area contributed by atoms with Gasteiger partial charge in [-0.2, -0.15) is 0 Å². The molecule has 4 heteroatoms. The lowest BCUT2D eigenvalue weighted by Gasteiger charge is -2.15. The summed E-state index contributed by atoms with van der Waals surface area (Å²) in [5, 5.41) is 2.00. The van der Waals surface area contributed by atoms with Crippen molar-refractivity contribution < 1.29 is 17.6 Å². The third-order valence-electron chi connectivity index (χ3n) is 5.08. The summed E-state index contributed by atoms with van der Waals surface area (Å²) in [6.07, 6.45) is -0.881. The second-order valence-electron chi connectivity index (χ2n) is 7.32. The molecule has 0 aliphatic heterocycles. The van der Waals surface area contributed by atoms with Gasteiger partial charge in [-0.15, -0.1) is 0 Å². The molecule has 0 spiro atoms. The van der Waals surface area contributed by atoms with Gasteiger partial charge in [0.05, 0.1) is 5.56 Å². The van der Waals surface area contributed by atoms with Gasteiger partial charge in [0.15, 0.2) is 17.5 Å². The molecule has 0 aromatic heterocycles. The van der Waals surface area contributed by atoms with Gasteiger partial charge in [-0.25, -0.2) is 17.6 Å². The van der Waals surface area contributed by atoms with Gasteiger partial charge in [0.2, 0.25) is 0 Å². The Bertz CT molecular complexity index is 1320. The third-order valence-corrected chi connectivity index (χ3v) is 5.08. The lowest BCUT2D eigenvalue weighted by Crippen LogP contribution is -2.02. The first kappa shape index (κ1) is 20.7. The lowest BCUT2D eigenvalue weighted by atomic mass is 9.89. The van der Waals surface area contributed by atoms with Crippen molar-refractivity contribution in [3.05, 3.63) is 107 Å². The van der Waals surface area contributed by atoms with Crippen LogP contribution in [0.3, 0.4) is 0 Å². The molecule has 4 aromatic rings. The molecule has 0 amide bonds. The van der Waals surface area contributed by atoms with Crippen LogP contribution >= 0.6 is 0 Å². The molecule has 0 aliphatic carbocycles. The van der Waals surface area contributed by atoms with E-state index in [1.807, 2.05) is 48.5 Å². The number of hydrogen-bond acceptors (Lipinski definition) is 0. The summed E-state index contributed by atoms with van der Waals surface area (Å²) in [5.74, 6) is 1.36. The highest BCUT2D eigenvalue weighted by Crippen LogP contribution is 2.34. The van der Waals surface area contributed by atoms with Gasteiger partial charge in [0, 0.05) is 17.5 Å². The van der Waals surface area contributed by atoms with Gasteiger partial charge in [-0.05, 0) is 47.0 Å². The minimum atomic E-state index is -1.55. The van der Waals surface area contributed by atoms with Crippen LogP contribution in [-0.2, 0) is 6.42 Å². The molecule has 1 atom stereocenters. The fourth-order valence-corrected chi connectivity index (χ4v) is 3.70. The molecule has 31 heavy (non-hydrogen) atoms. The smallest absolute Gasteiger partial charge is 0.195 e. The Kier molecular flexibility index (Phi) is 5.77. The summed E-state index contributed by atoms with van der Waals surface area (Å²) in [4.78, 5) is 0. The van der Waals surface area contributed by atoms with Gasteiger partial charge in [-0.3, -0.25) is 0 Å². The molecule has 0 fully saturated rings. The minimum Gasteiger partial charge on any atom is -0.247 e. The van der Waals surface area contributed by atoms with Gasteiger partial charge in [0.25, 0.3) is 0 Å². The highest BCUT2D eigenvalue weighted by Gasteiger charge is 2.15. The van der Waals surface area contributed by atoms with Crippen molar-refractivity contribution >= 4 is 10.8 Å². The Balaban J connectivity index is 1.94. The first-order valence-electron chi connectivity index (χ1n) is 9.85. The predicted molar refractivity (Wildman–Crippen MR) is 116 cm³/mol. The van der Waals surface area contributed by atoms with Crippen LogP contribution in [0.4, 0.5) is 17.6 Å². The molecule has 0 bridgehead atoms. The molecule has 0 saturated carbocycles. The number of rotatable bonds is 3. The highest BCUT2D eigenvalue weighted by atomic mass is 19.2. The fourth-order valence-electron chi connectivity index (χ4n) is 3.70. The Morgan fingerprint density at radius 1 is 0.742 bits per heavy atom. The Morgan fingerprint density at radius 3 is 2.26 bits per heavy atom. The molecule has 0 saturated heterocycles. The summed E-state index contributed by atoms with van der Waals surface area (Å²) in [6.45, 7) is 1.49. The van der Waals surface area contributed by atoms with E-state index in [9.17, 15) is 17.6 Å². The normalized spacial score (nSPS) is 11.8. The quantitative estimate of drug-likeness (QED) is 0.187. The highest BCUT2D eigenvalue weighted by molar-refractivity contribution is 5.98. The maximum atomic E-state index is 14.1. The molecule has 0 radical (unpaired) electrons. The van der Waals surface area contributed by atoms with E-state index < -0.39 is 23.6 Å². The molecular weight excluding hydrogens is 400 g/mol. The summed E-state index contributed by atoms with van der Waals surface area (Å²) in [5.41, 5.74) is 2.71.